The van der Waals surface area contributed by atoms with Gasteiger partial charge in [-0.1, -0.05) is 23.7 Å². The Kier molecular flexibility index (Phi) is 4.78. The second kappa shape index (κ2) is 7.63. The summed E-state index contributed by atoms with van der Waals surface area (Å²) in [6.07, 6.45) is 2.18. The highest BCUT2D eigenvalue weighted by atomic mass is 35.5. The highest BCUT2D eigenvalue weighted by Crippen LogP contribution is 2.36. The van der Waals surface area contributed by atoms with Crippen molar-refractivity contribution in [3.05, 3.63) is 70.5 Å². The van der Waals surface area contributed by atoms with E-state index in [-0.39, 0.29) is 5.91 Å². The molecule has 1 aliphatic rings. The van der Waals surface area contributed by atoms with Crippen molar-refractivity contribution in [1.29, 1.82) is 0 Å². The first-order valence-electron chi connectivity index (χ1n) is 10.0. The topological polar surface area (TPSA) is 90.5 Å². The predicted molar refractivity (Wildman–Crippen MR) is 118 cm³/mol. The summed E-state index contributed by atoms with van der Waals surface area (Å²) < 4.78 is 3.62. The van der Waals surface area contributed by atoms with Crippen LogP contribution < -0.4 is 5.32 Å². The second-order valence-corrected chi connectivity index (χ2v) is 8.03. The van der Waals surface area contributed by atoms with Gasteiger partial charge in [-0.2, -0.15) is 5.10 Å². The van der Waals surface area contributed by atoms with Crippen molar-refractivity contribution in [2.75, 3.05) is 5.32 Å². The molecule has 156 valence electrons. The zero-order valence-corrected chi connectivity index (χ0v) is 17.8. The van der Waals surface area contributed by atoms with Gasteiger partial charge in [0.1, 0.15) is 0 Å². The van der Waals surface area contributed by atoms with Crippen LogP contribution in [0.2, 0.25) is 5.02 Å². The first-order valence-corrected chi connectivity index (χ1v) is 10.4. The number of hydrogen-bond donors (Lipinski definition) is 1. The zero-order chi connectivity index (χ0) is 21.5. The lowest BCUT2D eigenvalue weighted by molar-refractivity contribution is 0.102. The third-order valence-electron chi connectivity index (χ3n) is 5.34. The number of hydrogen-bond acceptors (Lipinski definition) is 5. The number of anilines is 1. The minimum Gasteiger partial charge on any atom is -0.322 e. The first-order chi connectivity index (χ1) is 15.0. The lowest BCUT2D eigenvalue weighted by atomic mass is 10.1. The van der Waals surface area contributed by atoms with E-state index < -0.39 is 0 Å². The molecule has 4 aromatic rings. The monoisotopic (exact) mass is 433 g/mol. The molecule has 0 aliphatic heterocycles. The van der Waals surface area contributed by atoms with Crippen molar-refractivity contribution in [3.8, 4) is 17.1 Å². The number of aromatic nitrogens is 6. The van der Waals surface area contributed by atoms with Crippen molar-refractivity contribution in [1.82, 2.24) is 30.0 Å². The summed E-state index contributed by atoms with van der Waals surface area (Å²) in [5.41, 5.74) is 4.58. The number of nitrogens with one attached hydrogen (secondary N) is 1. The Bertz CT molecular complexity index is 1270. The molecule has 0 saturated heterocycles. The maximum atomic E-state index is 12.8. The van der Waals surface area contributed by atoms with E-state index in [0.717, 1.165) is 35.5 Å². The fraction of sp³-hybridized carbons (Fsp3) is 0.227. The van der Waals surface area contributed by atoms with Gasteiger partial charge in [0.05, 0.1) is 28.1 Å². The van der Waals surface area contributed by atoms with Crippen LogP contribution in [-0.4, -0.2) is 35.9 Å². The molecule has 2 heterocycles. The van der Waals surface area contributed by atoms with E-state index in [1.807, 2.05) is 54.9 Å². The van der Waals surface area contributed by atoms with Crippen molar-refractivity contribution >= 4 is 23.2 Å². The van der Waals surface area contributed by atoms with Crippen LogP contribution in [0.15, 0.2) is 48.5 Å². The highest BCUT2D eigenvalue weighted by Gasteiger charge is 2.28. The summed E-state index contributed by atoms with van der Waals surface area (Å²) in [5.74, 6) is 0.517. The first kappa shape index (κ1) is 19.4. The average molecular weight is 434 g/mol. The molecule has 0 atom stereocenters. The Hall–Kier alpha value is -3.52. The van der Waals surface area contributed by atoms with Crippen molar-refractivity contribution in [2.45, 2.75) is 32.7 Å². The molecule has 1 N–H and O–H groups in total. The molecule has 9 heteroatoms. The lowest BCUT2D eigenvalue weighted by Gasteiger charge is -2.09. The molecule has 0 spiro atoms. The normalized spacial score (nSPS) is 13.4. The smallest absolute Gasteiger partial charge is 0.255 e. The van der Waals surface area contributed by atoms with Crippen LogP contribution in [0, 0.1) is 13.8 Å². The van der Waals surface area contributed by atoms with Crippen molar-refractivity contribution < 1.29 is 4.79 Å². The molecule has 1 saturated carbocycles. The SMILES string of the molecule is Cc1nn(-c2ccc(C(=O)Nc3cccc(-c4nnnn4C4CC4)c3)cc2)c(C)c1Cl. The molecule has 2 aromatic carbocycles. The van der Waals surface area contributed by atoms with E-state index in [4.69, 9.17) is 11.6 Å². The summed E-state index contributed by atoms with van der Waals surface area (Å²) in [6.45, 7) is 3.78. The molecule has 2 aromatic heterocycles. The van der Waals surface area contributed by atoms with Crippen molar-refractivity contribution in [3.63, 3.8) is 0 Å². The fourth-order valence-corrected chi connectivity index (χ4v) is 3.63. The maximum absolute atomic E-state index is 12.8. The van der Waals surface area contributed by atoms with Gasteiger partial charge in [0.25, 0.3) is 5.91 Å². The molecule has 1 amide bonds. The largest absolute Gasteiger partial charge is 0.322 e. The fourth-order valence-electron chi connectivity index (χ4n) is 3.52. The Balaban J connectivity index is 1.34. The second-order valence-electron chi connectivity index (χ2n) is 7.66. The highest BCUT2D eigenvalue weighted by molar-refractivity contribution is 6.31. The maximum Gasteiger partial charge on any atom is 0.255 e. The molecule has 0 radical (unpaired) electrons. The van der Waals surface area contributed by atoms with E-state index in [1.54, 1.807) is 16.8 Å². The van der Waals surface area contributed by atoms with Crippen molar-refractivity contribution in [2.24, 2.45) is 0 Å². The summed E-state index contributed by atoms with van der Waals surface area (Å²) in [5, 5.41) is 20.1. The van der Waals surface area contributed by atoms with Crippen LogP contribution in [-0.2, 0) is 0 Å². The third kappa shape index (κ3) is 3.70. The molecule has 5 rings (SSSR count). The number of nitrogens with zero attached hydrogens (tertiary/aromatic N) is 6. The van der Waals surface area contributed by atoms with Gasteiger partial charge in [-0.15, -0.1) is 5.10 Å². The molecule has 31 heavy (non-hydrogen) atoms. The Morgan fingerprint density at radius 1 is 1.13 bits per heavy atom. The number of amides is 1. The Morgan fingerprint density at radius 3 is 2.58 bits per heavy atom. The van der Waals surface area contributed by atoms with Crippen LogP contribution in [0.5, 0.6) is 0 Å². The lowest BCUT2D eigenvalue weighted by Crippen LogP contribution is -2.12. The molecule has 1 fully saturated rings. The summed E-state index contributed by atoms with van der Waals surface area (Å²) in [4.78, 5) is 12.8. The molecule has 8 nitrogen and oxygen atoms in total. The summed E-state index contributed by atoms with van der Waals surface area (Å²) in [7, 11) is 0. The van der Waals surface area contributed by atoms with Gasteiger partial charge in [-0.25, -0.2) is 9.36 Å². The average Bonchev–Trinajstić information content (AvgIpc) is 3.46. The van der Waals surface area contributed by atoms with Crippen LogP contribution >= 0.6 is 11.6 Å². The van der Waals surface area contributed by atoms with Crippen LogP contribution in [0.25, 0.3) is 17.1 Å². The van der Waals surface area contributed by atoms with Gasteiger partial charge in [0.15, 0.2) is 5.82 Å². The molecule has 0 unspecified atom stereocenters. The standard InChI is InChI=1S/C22H20ClN7O/c1-13-20(23)14(2)29(26-13)18-8-6-15(7-9-18)22(31)24-17-5-3-4-16(12-17)21-25-27-28-30(21)19-10-11-19/h3-9,12,19H,10-11H2,1-2H3,(H,24,31). The third-order valence-corrected chi connectivity index (χ3v) is 5.89. The number of halogens is 1. The van der Waals surface area contributed by atoms with Crippen LogP contribution in [0.1, 0.15) is 40.6 Å². The van der Waals surface area contributed by atoms with Crippen LogP contribution in [0.4, 0.5) is 5.69 Å². The van der Waals surface area contributed by atoms with Gasteiger partial charge in [-0.3, -0.25) is 4.79 Å². The molecule has 0 bridgehead atoms. The van der Waals surface area contributed by atoms with Gasteiger partial charge >= 0.3 is 0 Å². The quantitative estimate of drug-likeness (QED) is 0.504. The minimum atomic E-state index is -0.197. The molecular formula is C22H20ClN7O. The number of carbonyl (C=O) groups excluding carboxylic acids is 1. The van der Waals surface area contributed by atoms with Gasteiger partial charge in [0, 0.05) is 16.8 Å². The summed E-state index contributed by atoms with van der Waals surface area (Å²) in [6, 6.07) is 15.2. The number of aryl methyl sites for hydroxylation is 1. The van der Waals surface area contributed by atoms with Gasteiger partial charge in [0.2, 0.25) is 0 Å². The number of rotatable bonds is 5. The minimum absolute atomic E-state index is 0.197. The molecule has 1 aliphatic carbocycles. The predicted octanol–water partition coefficient (Wildman–Crippen LogP) is 4.38. The number of tetrazole rings is 1. The number of benzene rings is 2. The Morgan fingerprint density at radius 2 is 1.90 bits per heavy atom. The van der Waals surface area contributed by atoms with E-state index in [9.17, 15) is 4.79 Å². The van der Waals surface area contributed by atoms with E-state index >= 15 is 0 Å². The van der Waals surface area contributed by atoms with Gasteiger partial charge in [-0.05, 0) is 73.5 Å². The zero-order valence-electron chi connectivity index (χ0n) is 17.1. The van der Waals surface area contributed by atoms with Gasteiger partial charge < -0.3 is 5.32 Å². The number of carbonyl (C=O) groups is 1. The van der Waals surface area contributed by atoms with E-state index in [1.165, 1.54) is 0 Å². The van der Waals surface area contributed by atoms with E-state index in [0.29, 0.717) is 28.1 Å². The van der Waals surface area contributed by atoms with E-state index in [2.05, 4.69) is 25.9 Å². The summed E-state index contributed by atoms with van der Waals surface area (Å²) >= 11 is 6.24. The van der Waals surface area contributed by atoms with Crippen LogP contribution in [0.3, 0.4) is 0 Å². The Labute approximate surface area is 183 Å². The molecular weight excluding hydrogens is 414 g/mol.